The van der Waals surface area contributed by atoms with Crippen molar-refractivity contribution in [2.45, 2.75) is 117 Å². The van der Waals surface area contributed by atoms with Crippen LogP contribution in [0.1, 0.15) is 133 Å². The molecule has 78 heavy (non-hydrogen) atoms. The van der Waals surface area contributed by atoms with Crippen molar-refractivity contribution in [3.8, 4) is 33.4 Å². The van der Waals surface area contributed by atoms with Gasteiger partial charge >= 0.3 is 0 Å². The number of nitrogens with zero attached hydrogens (tertiary/aromatic N) is 2. The van der Waals surface area contributed by atoms with Gasteiger partial charge in [0.1, 0.15) is 0 Å². The summed E-state index contributed by atoms with van der Waals surface area (Å²) in [4.78, 5) is 5.24. The molecule has 0 N–H and O–H groups in total. The first-order chi connectivity index (χ1) is 37.1. The van der Waals surface area contributed by atoms with E-state index in [0.717, 1.165) is 5.69 Å². The predicted molar refractivity (Wildman–Crippen MR) is 337 cm³/mol. The third kappa shape index (κ3) is 6.94. The van der Waals surface area contributed by atoms with Gasteiger partial charge in [0, 0.05) is 43.3 Å². The molecule has 1 aromatic heterocycles. The van der Waals surface area contributed by atoms with Crippen LogP contribution in [0.15, 0.2) is 182 Å². The summed E-state index contributed by atoms with van der Waals surface area (Å²) in [7, 11) is 0. The molecule has 1 spiro atoms. The highest BCUT2D eigenvalue weighted by molar-refractivity contribution is 7.33. The van der Waals surface area contributed by atoms with Gasteiger partial charge in [-0.2, -0.15) is 0 Å². The number of anilines is 6. The van der Waals surface area contributed by atoms with Gasteiger partial charge < -0.3 is 9.80 Å². The second kappa shape index (κ2) is 16.6. The number of benzene rings is 9. The van der Waals surface area contributed by atoms with Gasteiger partial charge in [-0.05, 0) is 178 Å². The number of thiophene rings is 1. The number of fused-ring (bicyclic) bond motifs is 16. The number of para-hydroxylation sites is 1. The molecule has 14 rings (SSSR count). The van der Waals surface area contributed by atoms with Crippen LogP contribution in [-0.2, 0) is 27.1 Å². The molecule has 3 heterocycles. The van der Waals surface area contributed by atoms with Gasteiger partial charge in [0.05, 0.1) is 11.1 Å². The molecule has 10 aromatic rings. The Labute approximate surface area is 467 Å². The van der Waals surface area contributed by atoms with E-state index in [2.05, 4.69) is 282 Å². The summed E-state index contributed by atoms with van der Waals surface area (Å²) in [6, 6.07) is 71.3. The molecule has 0 bridgehead atoms. The molecule has 384 valence electrons. The van der Waals surface area contributed by atoms with Crippen LogP contribution in [0.3, 0.4) is 0 Å². The predicted octanol–water partition coefficient (Wildman–Crippen LogP) is 18.5. The number of hydrogen-bond donors (Lipinski definition) is 0. The van der Waals surface area contributed by atoms with Gasteiger partial charge in [0.2, 0.25) is 0 Å². The van der Waals surface area contributed by atoms with Crippen LogP contribution >= 0.6 is 11.3 Å². The van der Waals surface area contributed by atoms with Crippen molar-refractivity contribution >= 4 is 78.0 Å². The van der Waals surface area contributed by atoms with E-state index >= 15 is 0 Å². The van der Waals surface area contributed by atoms with Gasteiger partial charge in [-0.1, -0.05) is 210 Å². The van der Waals surface area contributed by atoms with Crippen molar-refractivity contribution in [1.82, 2.24) is 0 Å². The third-order valence-corrected chi connectivity index (χ3v) is 19.1. The van der Waals surface area contributed by atoms with Gasteiger partial charge in [-0.15, -0.1) is 11.3 Å². The zero-order valence-corrected chi connectivity index (χ0v) is 48.5. The highest BCUT2D eigenvalue weighted by Crippen LogP contribution is 2.64. The fraction of sp³-hybridized carbons (Fsp3) is 0.243. The largest absolute Gasteiger partial charge is 0.311 e. The minimum Gasteiger partial charge on any atom is -0.311 e. The number of aryl methyl sites for hydroxylation is 1. The molecule has 0 unspecified atom stereocenters. The molecule has 4 heteroatoms. The van der Waals surface area contributed by atoms with E-state index in [4.69, 9.17) is 0 Å². The van der Waals surface area contributed by atoms with Crippen molar-refractivity contribution in [1.29, 1.82) is 0 Å². The third-order valence-electron chi connectivity index (χ3n) is 17.9. The minimum absolute atomic E-state index is 0.0162. The maximum absolute atomic E-state index is 2.65. The average Bonchev–Trinajstić information content (AvgIpc) is 3.70. The van der Waals surface area contributed by atoms with Crippen LogP contribution in [0.5, 0.6) is 0 Å². The molecule has 2 aliphatic heterocycles. The minimum atomic E-state index is -0.465. The van der Waals surface area contributed by atoms with Crippen LogP contribution in [0.4, 0.5) is 34.1 Å². The zero-order valence-electron chi connectivity index (χ0n) is 47.7. The van der Waals surface area contributed by atoms with Gasteiger partial charge in [-0.3, -0.25) is 0 Å². The molecule has 0 radical (unpaired) electrons. The Morgan fingerprint density at radius 1 is 0.423 bits per heavy atom. The van der Waals surface area contributed by atoms with Crippen molar-refractivity contribution in [3.05, 3.63) is 232 Å². The van der Waals surface area contributed by atoms with Crippen molar-refractivity contribution in [2.75, 3.05) is 9.80 Å². The highest BCUT2D eigenvalue weighted by atomic mass is 32.1. The van der Waals surface area contributed by atoms with Crippen LogP contribution in [0.25, 0.3) is 43.5 Å². The maximum atomic E-state index is 2.65. The van der Waals surface area contributed by atoms with Crippen LogP contribution in [0.2, 0.25) is 0 Å². The van der Waals surface area contributed by atoms with E-state index in [1.54, 1.807) is 0 Å². The molecule has 2 aliphatic carbocycles. The van der Waals surface area contributed by atoms with E-state index in [0.29, 0.717) is 0 Å². The molecule has 0 atom stereocenters. The number of hydrogen-bond acceptors (Lipinski definition) is 3. The summed E-state index contributed by atoms with van der Waals surface area (Å²) < 4.78 is 2.71. The van der Waals surface area contributed by atoms with E-state index < -0.39 is 5.41 Å². The molecule has 0 fully saturated rings. The zero-order chi connectivity index (χ0) is 54.2. The first kappa shape index (κ1) is 48.9. The maximum Gasteiger partial charge on any atom is 0.264 e. The molecular weight excluding hydrogens is 960 g/mol. The van der Waals surface area contributed by atoms with E-state index in [1.165, 1.54) is 138 Å². The van der Waals surface area contributed by atoms with Crippen molar-refractivity contribution in [3.63, 3.8) is 0 Å². The van der Waals surface area contributed by atoms with Crippen LogP contribution < -0.4 is 25.5 Å². The molecule has 2 nitrogen and oxygen atoms in total. The van der Waals surface area contributed by atoms with E-state index in [9.17, 15) is 0 Å². The second-order valence-corrected chi connectivity index (χ2v) is 28.1. The van der Waals surface area contributed by atoms with Gasteiger partial charge in [-0.25, -0.2) is 0 Å². The lowest BCUT2D eigenvalue weighted by Gasteiger charge is -2.43. The highest BCUT2D eigenvalue weighted by Gasteiger charge is 2.53. The quantitative estimate of drug-likeness (QED) is 0.163. The van der Waals surface area contributed by atoms with Crippen molar-refractivity contribution < 1.29 is 0 Å². The lowest BCUT2D eigenvalue weighted by Crippen LogP contribution is -2.60. The lowest BCUT2D eigenvalue weighted by molar-refractivity contribution is 0.572. The molecule has 9 aromatic carbocycles. The summed E-state index contributed by atoms with van der Waals surface area (Å²) in [5.41, 5.74) is 29.7. The second-order valence-electron chi connectivity index (χ2n) is 27.0. The summed E-state index contributed by atoms with van der Waals surface area (Å²) in [5, 5.41) is 1.31. The SMILES string of the molecule is Cc1cc2c3c(c1)N(c1ccc(C(C)(C)C)cc1)c1c(sc4cc5c(cc14)-c1ccc(C(C)(C)C)cc1C51c4ccccc4-c4ccccc41)B3c1ccc(-c3c(C(C)(C)C)cccc3C(C)(C)C)cc1N2c1ccccc1. The smallest absolute Gasteiger partial charge is 0.264 e. The fourth-order valence-corrected chi connectivity index (χ4v) is 15.6. The van der Waals surface area contributed by atoms with Gasteiger partial charge in [0.15, 0.2) is 0 Å². The van der Waals surface area contributed by atoms with E-state index in [1.807, 2.05) is 11.3 Å². The first-order valence-corrected chi connectivity index (χ1v) is 29.1. The van der Waals surface area contributed by atoms with Crippen LogP contribution in [-0.4, -0.2) is 6.71 Å². The number of rotatable bonds is 3. The Bertz CT molecular complexity index is 4070. The Morgan fingerprint density at radius 3 is 1.59 bits per heavy atom. The Balaban J connectivity index is 1.10. The normalized spacial score (nSPS) is 14.8. The molecular formula is C74H69BN2S. The van der Waals surface area contributed by atoms with E-state index in [-0.39, 0.29) is 28.4 Å². The molecule has 0 saturated carbocycles. The first-order valence-electron chi connectivity index (χ1n) is 28.3. The summed E-state index contributed by atoms with van der Waals surface area (Å²) in [5.74, 6) is 0. The Morgan fingerprint density at radius 2 is 0.974 bits per heavy atom. The fourth-order valence-electron chi connectivity index (χ4n) is 14.2. The molecule has 4 aliphatic rings. The molecule has 0 saturated heterocycles. The average molecular weight is 1030 g/mol. The summed E-state index contributed by atoms with van der Waals surface area (Å²) >= 11 is 2.02. The monoisotopic (exact) mass is 1030 g/mol. The Hall–Kier alpha value is -7.40. The summed E-state index contributed by atoms with van der Waals surface area (Å²) in [6.45, 7) is 30.5. The molecule has 0 amide bonds. The van der Waals surface area contributed by atoms with Crippen LogP contribution in [0, 0.1) is 6.92 Å². The lowest BCUT2D eigenvalue weighted by atomic mass is 9.36. The Kier molecular flexibility index (Phi) is 10.4. The van der Waals surface area contributed by atoms with Crippen molar-refractivity contribution in [2.24, 2.45) is 0 Å². The standard InChI is InChI=1S/C74H69BN2S/c1-44-38-63-67-64(39-44)77(49-34-31-46(32-35-49)70(2,3)4)68-54-42-53-52-36-33-47(71(5,6)7)41-59(52)74(55-26-19-17-24-50(55)51-25-18-20-27-56(51)74)60(53)43-65(54)78-69(68)75(67)61-37-30-45(40-62(61)76(63)48-22-15-14-16-23-48)66-57(72(8,9)10)28-21-29-58(66)73(11,12)13/h14-43H,1-13H3. The summed E-state index contributed by atoms with van der Waals surface area (Å²) in [6.07, 6.45) is 0. The topological polar surface area (TPSA) is 6.48 Å². The van der Waals surface area contributed by atoms with Gasteiger partial charge in [0.25, 0.3) is 6.71 Å².